The van der Waals surface area contributed by atoms with Gasteiger partial charge in [0.25, 0.3) is 5.91 Å². The minimum absolute atomic E-state index is 0.176. The van der Waals surface area contributed by atoms with Crippen molar-refractivity contribution in [1.29, 1.82) is 0 Å². The molecule has 2 aromatic carbocycles. The average molecular weight is 450 g/mol. The van der Waals surface area contributed by atoms with E-state index in [4.69, 9.17) is 0 Å². The first-order valence-electron chi connectivity index (χ1n) is 7.95. The lowest BCUT2D eigenvalue weighted by Gasteiger charge is -2.05. The zero-order chi connectivity index (χ0) is 17.3. The topological polar surface area (TPSA) is 34.4 Å². The molecule has 0 bridgehead atoms. The average Bonchev–Trinajstić information content (AvgIpc) is 2.85. The fraction of sp³-hybridized carbons (Fsp3) is 0.263. The Bertz CT molecular complexity index is 985. The lowest BCUT2D eigenvalue weighted by Crippen LogP contribution is -2.17. The molecule has 0 atom stereocenters. The SMILES string of the molecule is CCCn1c(=NC(=O)c2ccccc2I)sc2cc(C)c(C)cc21. The van der Waals surface area contributed by atoms with E-state index < -0.39 is 0 Å². The van der Waals surface area contributed by atoms with E-state index in [1.807, 2.05) is 24.3 Å². The number of carbonyl (C=O) groups is 1. The highest BCUT2D eigenvalue weighted by Crippen LogP contribution is 2.22. The number of fused-ring (bicyclic) bond motifs is 1. The molecule has 0 aliphatic carbocycles. The molecular weight excluding hydrogens is 431 g/mol. The Morgan fingerprint density at radius 2 is 1.92 bits per heavy atom. The van der Waals surface area contributed by atoms with Gasteiger partial charge in [0.15, 0.2) is 4.80 Å². The number of hydrogen-bond donors (Lipinski definition) is 0. The summed E-state index contributed by atoms with van der Waals surface area (Å²) in [6.07, 6.45) is 1.00. The van der Waals surface area contributed by atoms with Gasteiger partial charge in [0.1, 0.15) is 0 Å². The summed E-state index contributed by atoms with van der Waals surface area (Å²) in [4.78, 5) is 17.8. The normalized spacial score (nSPS) is 12.1. The van der Waals surface area contributed by atoms with E-state index in [9.17, 15) is 4.79 Å². The third-order valence-electron chi connectivity index (χ3n) is 4.05. The van der Waals surface area contributed by atoms with Crippen molar-refractivity contribution in [3.05, 3.63) is 61.5 Å². The van der Waals surface area contributed by atoms with Gasteiger partial charge in [0.2, 0.25) is 0 Å². The highest BCUT2D eigenvalue weighted by atomic mass is 127. The third-order valence-corrected chi connectivity index (χ3v) is 6.03. The number of aromatic nitrogens is 1. The van der Waals surface area contributed by atoms with Crippen LogP contribution < -0.4 is 4.80 Å². The summed E-state index contributed by atoms with van der Waals surface area (Å²) < 4.78 is 4.28. The van der Waals surface area contributed by atoms with Gasteiger partial charge in [-0.05, 0) is 78.3 Å². The molecule has 0 N–H and O–H groups in total. The summed E-state index contributed by atoms with van der Waals surface area (Å²) in [5, 5.41) is 0. The van der Waals surface area contributed by atoms with Gasteiger partial charge in [-0.3, -0.25) is 4.79 Å². The molecule has 1 amide bonds. The van der Waals surface area contributed by atoms with Crippen LogP contribution in [0.25, 0.3) is 10.2 Å². The van der Waals surface area contributed by atoms with Gasteiger partial charge in [-0.1, -0.05) is 30.4 Å². The largest absolute Gasteiger partial charge is 0.316 e. The van der Waals surface area contributed by atoms with Crippen LogP contribution in [0.15, 0.2) is 41.4 Å². The van der Waals surface area contributed by atoms with Crippen molar-refractivity contribution in [3.63, 3.8) is 0 Å². The lowest BCUT2D eigenvalue weighted by molar-refractivity contribution is 0.0997. The summed E-state index contributed by atoms with van der Waals surface area (Å²) >= 11 is 3.77. The third kappa shape index (κ3) is 3.32. The van der Waals surface area contributed by atoms with Crippen molar-refractivity contribution in [1.82, 2.24) is 4.57 Å². The number of hydrogen-bond acceptors (Lipinski definition) is 2. The van der Waals surface area contributed by atoms with Gasteiger partial charge in [0, 0.05) is 10.1 Å². The number of aryl methyl sites for hydroxylation is 3. The fourth-order valence-electron chi connectivity index (χ4n) is 2.63. The fourth-order valence-corrected chi connectivity index (χ4v) is 4.38. The molecule has 1 aromatic heterocycles. The molecular formula is C19H19IN2OS. The van der Waals surface area contributed by atoms with E-state index in [-0.39, 0.29) is 5.91 Å². The van der Waals surface area contributed by atoms with Gasteiger partial charge >= 0.3 is 0 Å². The zero-order valence-corrected chi connectivity index (χ0v) is 16.9. The van der Waals surface area contributed by atoms with Crippen molar-refractivity contribution >= 4 is 50.1 Å². The maximum Gasteiger partial charge on any atom is 0.280 e. The predicted molar refractivity (Wildman–Crippen MR) is 109 cm³/mol. The quantitative estimate of drug-likeness (QED) is 0.513. The molecule has 0 spiro atoms. The standard InChI is InChI=1S/C19H19IN2OS/c1-4-9-22-16-10-12(2)13(3)11-17(16)24-19(22)21-18(23)14-7-5-6-8-15(14)20/h5-8,10-11H,4,9H2,1-3H3. The van der Waals surface area contributed by atoms with Crippen LogP contribution in [0.3, 0.4) is 0 Å². The number of rotatable bonds is 3. The van der Waals surface area contributed by atoms with Gasteiger partial charge in [-0.15, -0.1) is 0 Å². The van der Waals surface area contributed by atoms with Gasteiger partial charge in [-0.25, -0.2) is 0 Å². The molecule has 0 fully saturated rings. The minimum Gasteiger partial charge on any atom is -0.316 e. The van der Waals surface area contributed by atoms with E-state index in [0.29, 0.717) is 5.56 Å². The Morgan fingerprint density at radius 3 is 2.62 bits per heavy atom. The van der Waals surface area contributed by atoms with Crippen molar-refractivity contribution in [3.8, 4) is 0 Å². The monoisotopic (exact) mass is 450 g/mol. The van der Waals surface area contributed by atoms with Crippen LogP contribution in [-0.2, 0) is 6.54 Å². The summed E-state index contributed by atoms with van der Waals surface area (Å²) in [6.45, 7) is 7.24. The molecule has 0 radical (unpaired) electrons. The Morgan fingerprint density at radius 1 is 1.21 bits per heavy atom. The van der Waals surface area contributed by atoms with Crippen LogP contribution in [-0.4, -0.2) is 10.5 Å². The molecule has 0 unspecified atom stereocenters. The van der Waals surface area contributed by atoms with E-state index >= 15 is 0 Å². The highest BCUT2D eigenvalue weighted by molar-refractivity contribution is 14.1. The summed E-state index contributed by atoms with van der Waals surface area (Å²) in [5.74, 6) is -0.176. The number of thiazole rings is 1. The molecule has 5 heteroatoms. The highest BCUT2D eigenvalue weighted by Gasteiger charge is 2.11. The molecule has 124 valence electrons. The number of halogens is 1. The smallest absolute Gasteiger partial charge is 0.280 e. The maximum atomic E-state index is 12.6. The van der Waals surface area contributed by atoms with E-state index in [1.165, 1.54) is 21.3 Å². The Balaban J connectivity index is 2.19. The number of amides is 1. The second kappa shape index (κ2) is 7.19. The van der Waals surface area contributed by atoms with Crippen LogP contribution >= 0.6 is 33.9 Å². The zero-order valence-electron chi connectivity index (χ0n) is 14.0. The van der Waals surface area contributed by atoms with Crippen LogP contribution in [0.2, 0.25) is 0 Å². The van der Waals surface area contributed by atoms with Crippen molar-refractivity contribution in [2.45, 2.75) is 33.7 Å². The van der Waals surface area contributed by atoms with Crippen molar-refractivity contribution in [2.24, 2.45) is 4.99 Å². The number of nitrogens with zero attached hydrogens (tertiary/aromatic N) is 2. The van der Waals surface area contributed by atoms with Gasteiger partial charge < -0.3 is 4.57 Å². The molecule has 0 aliphatic rings. The summed E-state index contributed by atoms with van der Waals surface area (Å²) in [7, 11) is 0. The molecule has 0 aliphatic heterocycles. The Hall–Kier alpha value is -1.47. The first-order chi connectivity index (χ1) is 11.5. The summed E-state index contributed by atoms with van der Waals surface area (Å²) in [6, 6.07) is 12.0. The van der Waals surface area contributed by atoms with Crippen LogP contribution in [0.1, 0.15) is 34.8 Å². The van der Waals surface area contributed by atoms with E-state index in [2.05, 4.69) is 65.1 Å². The van der Waals surface area contributed by atoms with Crippen LogP contribution in [0, 0.1) is 17.4 Å². The van der Waals surface area contributed by atoms with Crippen LogP contribution in [0.4, 0.5) is 0 Å². The van der Waals surface area contributed by atoms with Crippen molar-refractivity contribution in [2.75, 3.05) is 0 Å². The second-order valence-corrected chi connectivity index (χ2v) is 8.01. The molecule has 0 saturated heterocycles. The van der Waals surface area contributed by atoms with Crippen molar-refractivity contribution < 1.29 is 4.79 Å². The Labute approximate surface area is 159 Å². The van der Waals surface area contributed by atoms with E-state index in [0.717, 1.165) is 21.3 Å². The molecule has 3 aromatic rings. The maximum absolute atomic E-state index is 12.6. The van der Waals surface area contributed by atoms with Crippen LogP contribution in [0.5, 0.6) is 0 Å². The number of carbonyl (C=O) groups excluding carboxylic acids is 1. The molecule has 3 nitrogen and oxygen atoms in total. The molecule has 1 heterocycles. The lowest BCUT2D eigenvalue weighted by atomic mass is 10.1. The molecule has 24 heavy (non-hydrogen) atoms. The van der Waals surface area contributed by atoms with E-state index in [1.54, 1.807) is 11.3 Å². The second-order valence-electron chi connectivity index (χ2n) is 5.84. The first-order valence-corrected chi connectivity index (χ1v) is 9.85. The van der Waals surface area contributed by atoms with Gasteiger partial charge in [-0.2, -0.15) is 4.99 Å². The Kier molecular flexibility index (Phi) is 5.20. The predicted octanol–water partition coefficient (Wildman–Crippen LogP) is 5.08. The minimum atomic E-state index is -0.176. The summed E-state index contributed by atoms with van der Waals surface area (Å²) in [5.41, 5.74) is 4.36. The number of benzene rings is 2. The molecule has 0 saturated carbocycles. The first kappa shape index (κ1) is 17.4. The molecule has 3 rings (SSSR count). The van der Waals surface area contributed by atoms with Gasteiger partial charge in [0.05, 0.1) is 15.8 Å².